The first kappa shape index (κ1) is 10.9. The highest BCUT2D eigenvalue weighted by Gasteiger charge is 2.06. The summed E-state index contributed by atoms with van der Waals surface area (Å²) < 4.78 is 28.3. The predicted octanol–water partition coefficient (Wildman–Crippen LogP) is 3.36. The van der Waals surface area contributed by atoms with Crippen molar-refractivity contribution in [3.63, 3.8) is 0 Å². The zero-order chi connectivity index (χ0) is 12.5. The Labute approximate surface area is 103 Å². The molecule has 0 bridgehead atoms. The summed E-state index contributed by atoms with van der Waals surface area (Å²) in [6.45, 7) is 0.362. The molecule has 0 aliphatic rings. The van der Waals surface area contributed by atoms with Gasteiger partial charge in [0.15, 0.2) is 0 Å². The van der Waals surface area contributed by atoms with Crippen molar-refractivity contribution in [1.82, 2.24) is 9.55 Å². The van der Waals surface area contributed by atoms with Crippen LogP contribution in [0.3, 0.4) is 0 Å². The largest absolute Gasteiger partial charge is 0.342 e. The lowest BCUT2D eigenvalue weighted by Crippen LogP contribution is -2.01. The topological polar surface area (TPSA) is 17.8 Å². The van der Waals surface area contributed by atoms with E-state index in [0.29, 0.717) is 12.1 Å². The highest BCUT2D eigenvalue weighted by Crippen LogP contribution is 2.17. The monoisotopic (exact) mass is 244 g/mol. The number of hydrogen-bond acceptors (Lipinski definition) is 1. The van der Waals surface area contributed by atoms with Gasteiger partial charge >= 0.3 is 0 Å². The molecule has 2 heterocycles. The Kier molecular flexibility index (Phi) is 2.55. The molecule has 2 aromatic heterocycles. The van der Waals surface area contributed by atoms with Gasteiger partial charge in [-0.2, -0.15) is 0 Å². The van der Waals surface area contributed by atoms with E-state index in [-0.39, 0.29) is 0 Å². The Bertz CT molecular complexity index is 704. The first-order valence-electron chi connectivity index (χ1n) is 5.57. The molecule has 2 nitrogen and oxygen atoms in total. The summed E-state index contributed by atoms with van der Waals surface area (Å²) >= 11 is 0. The van der Waals surface area contributed by atoms with E-state index in [0.717, 1.165) is 17.0 Å². The molecule has 18 heavy (non-hydrogen) atoms. The average Bonchev–Trinajstić information content (AvgIpc) is 2.76. The first-order valence-corrected chi connectivity index (χ1v) is 5.57. The van der Waals surface area contributed by atoms with Crippen molar-refractivity contribution in [3.05, 3.63) is 66.1 Å². The number of pyridine rings is 1. The fourth-order valence-electron chi connectivity index (χ4n) is 2.00. The minimum atomic E-state index is -0.560. The lowest BCUT2D eigenvalue weighted by Gasteiger charge is -2.06. The normalized spacial score (nSPS) is 11.0. The summed E-state index contributed by atoms with van der Waals surface area (Å²) in [5, 5.41) is 1.05. The highest BCUT2D eigenvalue weighted by atomic mass is 19.1. The van der Waals surface area contributed by atoms with Crippen molar-refractivity contribution in [3.8, 4) is 0 Å². The third-order valence-electron chi connectivity index (χ3n) is 2.93. The Morgan fingerprint density at radius 2 is 2.00 bits per heavy atom. The zero-order valence-electron chi connectivity index (χ0n) is 9.48. The van der Waals surface area contributed by atoms with Crippen molar-refractivity contribution >= 4 is 10.9 Å². The fraction of sp³-hybridized carbons (Fsp3) is 0.0714. The molecule has 0 N–H and O–H groups in total. The Balaban J connectivity index is 2.01. The molecule has 0 saturated carbocycles. The minimum Gasteiger partial charge on any atom is -0.342 e. The van der Waals surface area contributed by atoms with Crippen molar-refractivity contribution < 1.29 is 8.78 Å². The lowest BCUT2D eigenvalue weighted by molar-refractivity contribution is 0.567. The van der Waals surface area contributed by atoms with Crippen molar-refractivity contribution in [1.29, 1.82) is 0 Å². The van der Waals surface area contributed by atoms with E-state index in [1.165, 1.54) is 12.1 Å². The summed E-state index contributed by atoms with van der Waals surface area (Å²) in [7, 11) is 0. The van der Waals surface area contributed by atoms with Gasteiger partial charge in [0.25, 0.3) is 0 Å². The van der Waals surface area contributed by atoms with Gasteiger partial charge in [0.2, 0.25) is 0 Å². The van der Waals surface area contributed by atoms with E-state index in [1.54, 1.807) is 12.4 Å². The summed E-state index contributed by atoms with van der Waals surface area (Å²) in [5.41, 5.74) is 1.39. The molecule has 0 radical (unpaired) electrons. The van der Waals surface area contributed by atoms with Crippen LogP contribution in [0.2, 0.25) is 0 Å². The molecule has 1 aromatic carbocycles. The van der Waals surface area contributed by atoms with E-state index in [9.17, 15) is 8.78 Å². The van der Waals surface area contributed by atoms with Crippen LogP contribution in [0.1, 0.15) is 5.56 Å². The third kappa shape index (κ3) is 1.86. The number of hydrogen-bond donors (Lipinski definition) is 0. The number of nitrogens with zero attached hydrogens (tertiary/aromatic N) is 2. The second-order valence-corrected chi connectivity index (χ2v) is 4.11. The molecule has 0 aliphatic carbocycles. The quantitative estimate of drug-likeness (QED) is 0.675. The van der Waals surface area contributed by atoms with Gasteiger partial charge in [-0.3, -0.25) is 4.98 Å². The van der Waals surface area contributed by atoms with E-state index in [4.69, 9.17) is 0 Å². The molecule has 4 heteroatoms. The van der Waals surface area contributed by atoms with Crippen molar-refractivity contribution in [2.45, 2.75) is 6.54 Å². The summed E-state index contributed by atoms with van der Waals surface area (Å²) in [6.07, 6.45) is 5.32. The first-order chi connectivity index (χ1) is 8.74. The third-order valence-corrected chi connectivity index (χ3v) is 2.93. The zero-order valence-corrected chi connectivity index (χ0v) is 9.48. The van der Waals surface area contributed by atoms with Crippen LogP contribution in [0.25, 0.3) is 10.9 Å². The maximum absolute atomic E-state index is 13.6. The maximum Gasteiger partial charge on any atom is 0.131 e. The van der Waals surface area contributed by atoms with Gasteiger partial charge in [0.05, 0.1) is 18.3 Å². The van der Waals surface area contributed by atoms with E-state index < -0.39 is 11.6 Å². The molecule has 3 rings (SSSR count). The summed E-state index contributed by atoms with van der Waals surface area (Å²) in [4.78, 5) is 4.05. The molecular formula is C14H10F2N2. The van der Waals surface area contributed by atoms with Gasteiger partial charge < -0.3 is 4.57 Å². The molecule has 0 spiro atoms. The molecule has 0 saturated heterocycles. The molecule has 0 unspecified atom stereocenters. The van der Waals surface area contributed by atoms with Crippen LogP contribution in [0.15, 0.2) is 48.9 Å². The molecule has 0 aliphatic heterocycles. The molecule has 90 valence electrons. The van der Waals surface area contributed by atoms with Crippen LogP contribution in [0.4, 0.5) is 8.78 Å². The number of benzene rings is 1. The number of rotatable bonds is 2. The van der Waals surface area contributed by atoms with Crippen molar-refractivity contribution in [2.24, 2.45) is 0 Å². The van der Waals surface area contributed by atoms with Gasteiger partial charge in [-0.15, -0.1) is 0 Å². The Hall–Kier alpha value is -2.23. The number of halogens is 2. The Morgan fingerprint density at radius 3 is 2.83 bits per heavy atom. The van der Waals surface area contributed by atoms with Gasteiger partial charge in [0, 0.05) is 29.4 Å². The lowest BCUT2D eigenvalue weighted by atomic mass is 10.2. The SMILES string of the molecule is Fc1ccc(Cn2ccc3ccncc32)c(F)c1. The Morgan fingerprint density at radius 1 is 1.11 bits per heavy atom. The van der Waals surface area contributed by atoms with Crippen LogP contribution in [0, 0.1) is 11.6 Å². The van der Waals surface area contributed by atoms with Gasteiger partial charge in [-0.1, -0.05) is 6.07 Å². The van der Waals surface area contributed by atoms with Crippen LogP contribution in [-0.4, -0.2) is 9.55 Å². The minimum absolute atomic E-state index is 0.362. The molecule has 0 amide bonds. The van der Waals surface area contributed by atoms with Gasteiger partial charge in [0.1, 0.15) is 11.6 Å². The number of fused-ring (bicyclic) bond motifs is 1. The molecule has 0 fully saturated rings. The second kappa shape index (κ2) is 4.22. The smallest absolute Gasteiger partial charge is 0.131 e. The van der Waals surface area contributed by atoms with Crippen LogP contribution in [-0.2, 0) is 6.54 Å². The molecule has 3 aromatic rings. The van der Waals surface area contributed by atoms with E-state index in [1.807, 2.05) is 22.9 Å². The van der Waals surface area contributed by atoms with Crippen molar-refractivity contribution in [2.75, 3.05) is 0 Å². The predicted molar refractivity (Wildman–Crippen MR) is 65.2 cm³/mol. The molecular weight excluding hydrogens is 234 g/mol. The second-order valence-electron chi connectivity index (χ2n) is 4.11. The maximum atomic E-state index is 13.6. The fourth-order valence-corrected chi connectivity index (χ4v) is 2.00. The summed E-state index contributed by atoms with van der Waals surface area (Å²) in [5.74, 6) is -1.09. The van der Waals surface area contributed by atoms with Gasteiger partial charge in [-0.25, -0.2) is 8.78 Å². The average molecular weight is 244 g/mol. The van der Waals surface area contributed by atoms with Crippen LogP contribution < -0.4 is 0 Å². The number of aromatic nitrogens is 2. The van der Waals surface area contributed by atoms with E-state index >= 15 is 0 Å². The van der Waals surface area contributed by atoms with E-state index in [2.05, 4.69) is 4.98 Å². The van der Waals surface area contributed by atoms with Crippen LogP contribution in [0.5, 0.6) is 0 Å². The van der Waals surface area contributed by atoms with Crippen LogP contribution >= 0.6 is 0 Å². The van der Waals surface area contributed by atoms with Gasteiger partial charge in [-0.05, 0) is 18.2 Å². The standard InChI is InChI=1S/C14H10F2N2/c15-12-2-1-11(13(16)7-12)9-18-6-4-10-3-5-17-8-14(10)18/h1-8H,9H2. The summed E-state index contributed by atoms with van der Waals surface area (Å²) in [6, 6.07) is 7.47. The highest BCUT2D eigenvalue weighted by molar-refractivity contribution is 5.78. The molecule has 0 atom stereocenters.